The molecule has 0 bridgehead atoms. The van der Waals surface area contributed by atoms with E-state index < -0.39 is 17.7 Å². The number of halogens is 2. The van der Waals surface area contributed by atoms with Gasteiger partial charge in [0.05, 0.1) is 11.5 Å². The zero-order valence-electron chi connectivity index (χ0n) is 22.1. The maximum atomic E-state index is 14.0. The normalized spacial score (nSPS) is 17.2. The van der Waals surface area contributed by atoms with Crippen molar-refractivity contribution in [3.63, 3.8) is 0 Å². The van der Waals surface area contributed by atoms with E-state index in [1.807, 2.05) is 27.7 Å². The first-order valence-corrected chi connectivity index (χ1v) is 12.0. The number of aromatic nitrogens is 4. The lowest BCUT2D eigenvalue weighted by molar-refractivity contribution is -0.160. The number of hydrogen-bond donors (Lipinski definition) is 2. The van der Waals surface area contributed by atoms with Crippen molar-refractivity contribution in [3.8, 4) is 25.7 Å². The molecule has 0 aliphatic heterocycles. The van der Waals surface area contributed by atoms with Crippen LogP contribution in [0.2, 0.25) is 0 Å². The third kappa shape index (κ3) is 6.52. The lowest BCUT2D eigenvalue weighted by atomic mass is 9.59. The molecule has 2 heterocycles. The van der Waals surface area contributed by atoms with Crippen LogP contribution in [0.15, 0.2) is 12.1 Å². The number of benzene rings is 1. The molecule has 37 heavy (non-hydrogen) atoms. The molecule has 4 rings (SSSR count). The van der Waals surface area contributed by atoms with E-state index in [1.54, 1.807) is 11.9 Å². The van der Waals surface area contributed by atoms with Crippen LogP contribution in [0, 0.1) is 48.7 Å². The maximum Gasteiger partial charge on any atom is 0.226 e. The number of rotatable bonds is 6. The number of nitrogen functional groups attached to an aromatic ring is 1. The SMILES string of the molecule is C#C.C#C.CC.CN(CCCCc1nc2c3cc(F)cc(F)c3nc(N)n2n1)C(=O)[C@H]1C[C@@H](O)C1(C)C. The molecule has 1 saturated carbocycles. The van der Waals surface area contributed by atoms with Crippen LogP contribution in [-0.2, 0) is 11.2 Å². The number of amides is 1. The van der Waals surface area contributed by atoms with Gasteiger partial charge in [-0.3, -0.25) is 4.79 Å². The first-order valence-electron chi connectivity index (χ1n) is 12.0. The van der Waals surface area contributed by atoms with Crippen molar-refractivity contribution in [2.24, 2.45) is 11.3 Å². The van der Waals surface area contributed by atoms with Gasteiger partial charge >= 0.3 is 0 Å². The van der Waals surface area contributed by atoms with Crippen molar-refractivity contribution >= 4 is 28.4 Å². The van der Waals surface area contributed by atoms with Gasteiger partial charge in [0.25, 0.3) is 0 Å². The molecule has 8 nitrogen and oxygen atoms in total. The largest absolute Gasteiger partial charge is 0.393 e. The Morgan fingerprint density at radius 2 is 1.81 bits per heavy atom. The number of nitrogens with zero attached hydrogens (tertiary/aromatic N) is 5. The van der Waals surface area contributed by atoms with Gasteiger partial charge in [0, 0.05) is 37.4 Å². The highest BCUT2D eigenvalue weighted by Crippen LogP contribution is 2.46. The van der Waals surface area contributed by atoms with Crippen molar-refractivity contribution in [2.75, 3.05) is 19.3 Å². The molecule has 200 valence electrons. The third-order valence-corrected chi connectivity index (χ3v) is 6.40. The fourth-order valence-electron chi connectivity index (χ4n) is 4.14. The molecule has 1 fully saturated rings. The van der Waals surface area contributed by atoms with Gasteiger partial charge in [-0.05, 0) is 25.3 Å². The summed E-state index contributed by atoms with van der Waals surface area (Å²) in [4.78, 5) is 22.7. The number of anilines is 1. The predicted octanol–water partition coefficient (Wildman–Crippen LogP) is 3.85. The van der Waals surface area contributed by atoms with E-state index in [9.17, 15) is 18.7 Å². The Kier molecular flexibility index (Phi) is 11.4. The van der Waals surface area contributed by atoms with Crippen LogP contribution in [0.4, 0.5) is 14.7 Å². The van der Waals surface area contributed by atoms with Crippen LogP contribution in [0.3, 0.4) is 0 Å². The molecular weight excluding hydrogens is 478 g/mol. The van der Waals surface area contributed by atoms with Gasteiger partial charge in [-0.1, -0.05) is 27.7 Å². The molecule has 0 unspecified atom stereocenters. The van der Waals surface area contributed by atoms with Crippen molar-refractivity contribution in [1.82, 2.24) is 24.5 Å². The van der Waals surface area contributed by atoms with E-state index >= 15 is 0 Å². The Morgan fingerprint density at radius 1 is 1.19 bits per heavy atom. The average Bonchev–Trinajstić information content (AvgIpc) is 3.34. The van der Waals surface area contributed by atoms with Crippen LogP contribution >= 0.6 is 0 Å². The Morgan fingerprint density at radius 3 is 2.38 bits per heavy atom. The zero-order valence-corrected chi connectivity index (χ0v) is 22.1. The molecule has 0 saturated heterocycles. The second-order valence-electron chi connectivity index (χ2n) is 8.86. The molecule has 10 heteroatoms. The molecule has 1 aliphatic carbocycles. The fraction of sp³-hybridized carbons (Fsp3) is 0.481. The summed E-state index contributed by atoms with van der Waals surface area (Å²) >= 11 is 0. The monoisotopic (exact) mass is 514 g/mol. The van der Waals surface area contributed by atoms with Crippen LogP contribution < -0.4 is 5.73 Å². The second kappa shape index (κ2) is 13.5. The topological polar surface area (TPSA) is 110 Å². The number of aliphatic hydroxyl groups excluding tert-OH is 1. The average molecular weight is 515 g/mol. The molecule has 2 aromatic heterocycles. The zero-order chi connectivity index (χ0) is 28.5. The quantitative estimate of drug-likeness (QED) is 0.382. The van der Waals surface area contributed by atoms with Crippen LogP contribution in [0.1, 0.15) is 52.8 Å². The summed E-state index contributed by atoms with van der Waals surface area (Å²) in [7, 11) is 1.77. The summed E-state index contributed by atoms with van der Waals surface area (Å²) in [5.41, 5.74) is 5.70. The summed E-state index contributed by atoms with van der Waals surface area (Å²) in [5, 5.41) is 14.4. The Labute approximate surface area is 217 Å². The molecule has 0 radical (unpaired) electrons. The van der Waals surface area contributed by atoms with E-state index in [0.717, 1.165) is 25.0 Å². The Hall–Kier alpha value is -3.76. The maximum absolute atomic E-state index is 14.0. The van der Waals surface area contributed by atoms with E-state index in [4.69, 9.17) is 5.73 Å². The molecule has 3 aromatic rings. The highest BCUT2D eigenvalue weighted by molar-refractivity contribution is 5.92. The number of unbranched alkanes of at least 4 members (excludes halogenated alkanes) is 1. The number of hydrogen-bond acceptors (Lipinski definition) is 6. The summed E-state index contributed by atoms with van der Waals surface area (Å²) in [5.74, 6) is -1.17. The number of terminal acetylenes is 2. The predicted molar refractivity (Wildman–Crippen MR) is 142 cm³/mol. The van der Waals surface area contributed by atoms with Crippen molar-refractivity contribution in [3.05, 3.63) is 29.6 Å². The minimum atomic E-state index is -0.802. The lowest BCUT2D eigenvalue weighted by Crippen LogP contribution is -2.55. The van der Waals surface area contributed by atoms with Gasteiger partial charge in [-0.2, -0.15) is 4.52 Å². The van der Waals surface area contributed by atoms with E-state index in [1.165, 1.54) is 4.52 Å². The molecule has 1 aromatic carbocycles. The summed E-state index contributed by atoms with van der Waals surface area (Å²) < 4.78 is 29.0. The van der Waals surface area contributed by atoms with Crippen molar-refractivity contribution in [1.29, 1.82) is 0 Å². The second-order valence-corrected chi connectivity index (χ2v) is 8.86. The number of fused-ring (bicyclic) bond motifs is 3. The number of nitrogens with two attached hydrogens (primary N) is 1. The molecule has 0 spiro atoms. The van der Waals surface area contributed by atoms with Gasteiger partial charge < -0.3 is 15.7 Å². The first-order chi connectivity index (χ1) is 17.6. The third-order valence-electron chi connectivity index (χ3n) is 6.40. The molecule has 2 atom stereocenters. The van der Waals surface area contributed by atoms with Crippen LogP contribution in [-0.4, -0.2) is 55.2 Å². The van der Waals surface area contributed by atoms with Crippen LogP contribution in [0.5, 0.6) is 0 Å². The minimum absolute atomic E-state index is 0.0256. The lowest BCUT2D eigenvalue weighted by Gasteiger charge is -2.49. The number of aliphatic hydroxyl groups is 1. The van der Waals surface area contributed by atoms with E-state index in [2.05, 4.69) is 40.8 Å². The van der Waals surface area contributed by atoms with Gasteiger partial charge in [0.2, 0.25) is 11.9 Å². The standard InChI is InChI=1S/C21H26F2N6O2.C2H6.2C2H2/c1-21(2)13(10-15(21)30)19(31)28(3)7-5-4-6-16-25-18-12-8-11(22)9-14(23)17(12)26-20(24)29(18)27-16;3*1-2/h8-9,13,15,30H,4-7,10H2,1-3H3,(H2,24,26);1-2H3;2*1-2H/t13-,15-;;;/m1.../s1. The molecule has 1 aliphatic rings. The van der Waals surface area contributed by atoms with Gasteiger partial charge in [0.1, 0.15) is 11.3 Å². The number of carbonyl (C=O) groups excluding carboxylic acids is 1. The number of carbonyl (C=O) groups is 1. The van der Waals surface area contributed by atoms with E-state index in [0.29, 0.717) is 25.2 Å². The summed E-state index contributed by atoms with van der Waals surface area (Å²) in [6.45, 7) is 8.40. The first kappa shape index (κ1) is 31.3. The fourth-order valence-corrected chi connectivity index (χ4v) is 4.14. The van der Waals surface area contributed by atoms with Crippen molar-refractivity contribution < 1.29 is 18.7 Å². The minimum Gasteiger partial charge on any atom is -0.393 e. The Balaban J connectivity index is 0.00000106. The summed E-state index contributed by atoms with van der Waals surface area (Å²) in [6.07, 6.45) is 18.1. The highest BCUT2D eigenvalue weighted by atomic mass is 19.1. The molecular formula is C27H36F2N6O2. The molecule has 3 N–H and O–H groups in total. The van der Waals surface area contributed by atoms with Crippen molar-refractivity contribution in [2.45, 2.75) is 59.5 Å². The summed E-state index contributed by atoms with van der Waals surface area (Å²) in [6, 6.07) is 1.92. The molecule has 1 amide bonds. The van der Waals surface area contributed by atoms with Crippen LogP contribution in [0.25, 0.3) is 16.6 Å². The van der Waals surface area contributed by atoms with Gasteiger partial charge in [-0.15, -0.1) is 30.8 Å². The van der Waals surface area contributed by atoms with Gasteiger partial charge in [-0.25, -0.2) is 18.7 Å². The number of aryl methyl sites for hydroxylation is 1. The smallest absolute Gasteiger partial charge is 0.226 e. The van der Waals surface area contributed by atoms with Gasteiger partial charge in [0.15, 0.2) is 17.3 Å². The van der Waals surface area contributed by atoms with E-state index in [-0.39, 0.29) is 39.7 Å². The highest BCUT2D eigenvalue weighted by Gasteiger charge is 2.51. The Bertz CT molecular complexity index is 1250.